The standard InChI is InChI=1S/C19H22FN5/c1-12-8-14-15-11-23(2)22-18(15)19(21-17(14)16(20)9-12)25-7-6-24-5-3-4-13(24)10-25/h8-9,11,13H,3-7,10H2,1-2H3. The molecule has 1 unspecified atom stereocenters. The Hall–Kier alpha value is -2.21. The lowest BCUT2D eigenvalue weighted by atomic mass is 10.1. The Balaban J connectivity index is 1.71. The molecule has 5 nitrogen and oxygen atoms in total. The van der Waals surface area contributed by atoms with Crippen molar-refractivity contribution in [1.29, 1.82) is 0 Å². The number of halogens is 1. The first-order chi connectivity index (χ1) is 12.1. The Kier molecular flexibility index (Phi) is 3.25. The lowest BCUT2D eigenvalue weighted by molar-refractivity contribution is 0.230. The SMILES string of the molecule is Cc1cc(F)c2nc(N3CCN4CCCC4C3)c3nn(C)cc3c2c1. The molecule has 130 valence electrons. The van der Waals surface area contributed by atoms with Crippen LogP contribution in [-0.4, -0.2) is 51.9 Å². The summed E-state index contributed by atoms with van der Waals surface area (Å²) in [5.74, 6) is 0.582. The summed E-state index contributed by atoms with van der Waals surface area (Å²) >= 11 is 0. The van der Waals surface area contributed by atoms with E-state index in [0.29, 0.717) is 11.6 Å². The molecule has 0 radical (unpaired) electrons. The Bertz CT molecular complexity index is 979. The van der Waals surface area contributed by atoms with Crippen molar-refractivity contribution in [3.8, 4) is 0 Å². The molecule has 0 N–H and O–H groups in total. The molecule has 0 aliphatic carbocycles. The van der Waals surface area contributed by atoms with Crippen LogP contribution in [0.15, 0.2) is 18.3 Å². The molecule has 2 aliphatic rings. The Morgan fingerprint density at radius 2 is 2.00 bits per heavy atom. The van der Waals surface area contributed by atoms with Gasteiger partial charge in [-0.3, -0.25) is 9.58 Å². The van der Waals surface area contributed by atoms with Gasteiger partial charge in [-0.25, -0.2) is 9.37 Å². The molecular formula is C19H22FN5. The van der Waals surface area contributed by atoms with Crippen molar-refractivity contribution in [1.82, 2.24) is 19.7 Å². The van der Waals surface area contributed by atoms with Gasteiger partial charge < -0.3 is 4.90 Å². The molecule has 2 saturated heterocycles. The Morgan fingerprint density at radius 1 is 1.12 bits per heavy atom. The minimum absolute atomic E-state index is 0.249. The van der Waals surface area contributed by atoms with Gasteiger partial charge in [0.2, 0.25) is 0 Å². The van der Waals surface area contributed by atoms with Crippen molar-refractivity contribution in [2.75, 3.05) is 31.1 Å². The summed E-state index contributed by atoms with van der Waals surface area (Å²) in [4.78, 5) is 9.62. The van der Waals surface area contributed by atoms with Gasteiger partial charge in [-0.1, -0.05) is 0 Å². The topological polar surface area (TPSA) is 37.2 Å². The second kappa shape index (κ2) is 5.39. The first kappa shape index (κ1) is 15.1. The van der Waals surface area contributed by atoms with Crippen LogP contribution < -0.4 is 4.90 Å². The van der Waals surface area contributed by atoms with Crippen LogP contribution in [0.25, 0.3) is 21.8 Å². The highest BCUT2D eigenvalue weighted by Gasteiger charge is 2.32. The van der Waals surface area contributed by atoms with Crippen LogP contribution >= 0.6 is 0 Å². The molecule has 2 aromatic heterocycles. The van der Waals surface area contributed by atoms with E-state index >= 15 is 0 Å². The number of hydrogen-bond acceptors (Lipinski definition) is 4. The summed E-state index contributed by atoms with van der Waals surface area (Å²) in [5.41, 5.74) is 2.24. The van der Waals surface area contributed by atoms with Gasteiger partial charge in [0.15, 0.2) is 5.82 Å². The normalized spacial score (nSPS) is 21.4. The largest absolute Gasteiger partial charge is 0.352 e. The van der Waals surface area contributed by atoms with Crippen molar-refractivity contribution in [3.63, 3.8) is 0 Å². The number of benzene rings is 1. The maximum absolute atomic E-state index is 14.6. The molecule has 0 saturated carbocycles. The van der Waals surface area contributed by atoms with E-state index in [1.54, 1.807) is 10.7 Å². The third kappa shape index (κ3) is 2.31. The summed E-state index contributed by atoms with van der Waals surface area (Å²) in [5, 5.41) is 6.50. The van der Waals surface area contributed by atoms with Crippen LogP contribution in [0.4, 0.5) is 10.2 Å². The third-order valence-electron chi connectivity index (χ3n) is 5.64. The molecule has 2 fully saturated rings. The lowest BCUT2D eigenvalue weighted by Gasteiger charge is -2.38. The number of aromatic nitrogens is 3. The molecule has 3 aromatic rings. The number of rotatable bonds is 1. The van der Waals surface area contributed by atoms with E-state index in [1.165, 1.54) is 19.4 Å². The van der Waals surface area contributed by atoms with Crippen LogP contribution in [0.2, 0.25) is 0 Å². The minimum Gasteiger partial charge on any atom is -0.352 e. The number of pyridine rings is 1. The smallest absolute Gasteiger partial charge is 0.158 e. The fourth-order valence-corrected chi connectivity index (χ4v) is 4.47. The fraction of sp³-hybridized carbons (Fsp3) is 0.474. The number of aryl methyl sites for hydroxylation is 2. The Morgan fingerprint density at radius 3 is 2.88 bits per heavy atom. The van der Waals surface area contributed by atoms with Crippen LogP contribution in [0.3, 0.4) is 0 Å². The summed E-state index contributed by atoms with van der Waals surface area (Å²) in [6.45, 7) is 6.05. The predicted molar refractivity (Wildman–Crippen MR) is 97.5 cm³/mol. The van der Waals surface area contributed by atoms with Gasteiger partial charge in [-0.15, -0.1) is 0 Å². The van der Waals surface area contributed by atoms with Gasteiger partial charge in [0.25, 0.3) is 0 Å². The molecule has 25 heavy (non-hydrogen) atoms. The highest BCUT2D eigenvalue weighted by atomic mass is 19.1. The third-order valence-corrected chi connectivity index (χ3v) is 5.64. The molecule has 6 heteroatoms. The van der Waals surface area contributed by atoms with Crippen LogP contribution in [-0.2, 0) is 7.05 Å². The summed E-state index contributed by atoms with van der Waals surface area (Å²) in [7, 11) is 1.91. The van der Waals surface area contributed by atoms with Crippen LogP contribution in [0.5, 0.6) is 0 Å². The first-order valence-electron chi connectivity index (χ1n) is 9.02. The van der Waals surface area contributed by atoms with Gasteiger partial charge in [0.05, 0.1) is 0 Å². The number of piperazine rings is 1. The quantitative estimate of drug-likeness (QED) is 0.683. The molecule has 0 spiro atoms. The molecule has 5 rings (SSSR count). The zero-order valence-corrected chi connectivity index (χ0v) is 14.7. The minimum atomic E-state index is -0.249. The fourth-order valence-electron chi connectivity index (χ4n) is 4.47. The lowest BCUT2D eigenvalue weighted by Crippen LogP contribution is -2.50. The number of fused-ring (bicyclic) bond motifs is 4. The molecule has 1 aromatic carbocycles. The van der Waals surface area contributed by atoms with Crippen molar-refractivity contribution < 1.29 is 4.39 Å². The average Bonchev–Trinajstić information content (AvgIpc) is 3.19. The van der Waals surface area contributed by atoms with E-state index in [1.807, 2.05) is 26.2 Å². The van der Waals surface area contributed by atoms with E-state index in [4.69, 9.17) is 4.98 Å². The zero-order chi connectivity index (χ0) is 17.1. The first-order valence-corrected chi connectivity index (χ1v) is 9.02. The molecule has 0 amide bonds. The van der Waals surface area contributed by atoms with E-state index in [-0.39, 0.29) is 5.82 Å². The Labute approximate surface area is 146 Å². The second-order valence-corrected chi connectivity index (χ2v) is 7.42. The van der Waals surface area contributed by atoms with Crippen LogP contribution in [0, 0.1) is 12.7 Å². The maximum atomic E-state index is 14.6. The van der Waals surface area contributed by atoms with Crippen molar-refractivity contribution in [2.45, 2.75) is 25.8 Å². The maximum Gasteiger partial charge on any atom is 0.158 e. The highest BCUT2D eigenvalue weighted by Crippen LogP contribution is 2.34. The van der Waals surface area contributed by atoms with Gasteiger partial charge in [0, 0.05) is 49.7 Å². The van der Waals surface area contributed by atoms with E-state index in [2.05, 4.69) is 14.9 Å². The molecule has 0 bridgehead atoms. The summed E-state index contributed by atoms with van der Waals surface area (Å²) < 4.78 is 16.4. The monoisotopic (exact) mass is 339 g/mol. The zero-order valence-electron chi connectivity index (χ0n) is 14.7. The molecule has 2 aliphatic heterocycles. The van der Waals surface area contributed by atoms with E-state index < -0.39 is 0 Å². The van der Waals surface area contributed by atoms with Crippen molar-refractivity contribution >= 4 is 27.6 Å². The van der Waals surface area contributed by atoms with Crippen LogP contribution in [0.1, 0.15) is 18.4 Å². The number of hydrogen-bond donors (Lipinski definition) is 0. The van der Waals surface area contributed by atoms with Gasteiger partial charge in [0.1, 0.15) is 16.9 Å². The molecular weight excluding hydrogens is 317 g/mol. The highest BCUT2D eigenvalue weighted by molar-refractivity contribution is 6.08. The molecule has 1 atom stereocenters. The second-order valence-electron chi connectivity index (χ2n) is 7.42. The average molecular weight is 339 g/mol. The summed E-state index contributed by atoms with van der Waals surface area (Å²) in [6, 6.07) is 4.16. The number of anilines is 1. The van der Waals surface area contributed by atoms with Crippen molar-refractivity contribution in [3.05, 3.63) is 29.7 Å². The molecule has 4 heterocycles. The van der Waals surface area contributed by atoms with Gasteiger partial charge >= 0.3 is 0 Å². The van der Waals surface area contributed by atoms with E-state index in [0.717, 1.165) is 47.3 Å². The predicted octanol–water partition coefficient (Wildman–Crippen LogP) is 2.85. The van der Waals surface area contributed by atoms with Gasteiger partial charge in [-0.05, 0) is 44.0 Å². The van der Waals surface area contributed by atoms with Gasteiger partial charge in [-0.2, -0.15) is 5.10 Å². The van der Waals surface area contributed by atoms with Crippen molar-refractivity contribution in [2.24, 2.45) is 7.05 Å². The number of nitrogens with zero attached hydrogens (tertiary/aromatic N) is 5. The van der Waals surface area contributed by atoms with E-state index in [9.17, 15) is 4.39 Å². The summed E-state index contributed by atoms with van der Waals surface area (Å²) in [6.07, 6.45) is 4.49.